The van der Waals surface area contributed by atoms with Crippen LogP contribution >= 0.6 is 0 Å². The number of anilines is 2. The molecule has 33 heavy (non-hydrogen) atoms. The number of morpholine rings is 1. The number of hydrogen-bond donors (Lipinski definition) is 3. The highest BCUT2D eigenvalue weighted by Crippen LogP contribution is 2.27. The van der Waals surface area contributed by atoms with Gasteiger partial charge in [0.05, 0.1) is 22.5 Å². The summed E-state index contributed by atoms with van der Waals surface area (Å²) in [5.41, 5.74) is 2.44. The van der Waals surface area contributed by atoms with Gasteiger partial charge in [-0.2, -0.15) is 0 Å². The maximum Gasteiger partial charge on any atom is 0.258 e. The van der Waals surface area contributed by atoms with Crippen LogP contribution in [0.1, 0.15) is 16.8 Å². The Kier molecular flexibility index (Phi) is 7.14. The first-order valence-corrected chi connectivity index (χ1v) is 11.7. The number of aliphatic hydroxyl groups excluding tert-OH is 1. The minimum Gasteiger partial charge on any atom is -0.396 e. The Balaban J connectivity index is 1.66. The van der Waals surface area contributed by atoms with Gasteiger partial charge >= 0.3 is 0 Å². The average molecular weight is 472 g/mol. The summed E-state index contributed by atoms with van der Waals surface area (Å²) in [5, 5.41) is 12.2. The minimum absolute atomic E-state index is 0.00863. The number of aromatic nitrogens is 2. The molecule has 0 bridgehead atoms. The first kappa shape index (κ1) is 23.1. The Morgan fingerprint density at radius 2 is 2.12 bits per heavy atom. The van der Waals surface area contributed by atoms with Crippen molar-refractivity contribution < 1.29 is 23.6 Å². The van der Waals surface area contributed by atoms with Gasteiger partial charge in [-0.05, 0) is 49.9 Å². The molecule has 2 heterocycles. The molecule has 0 radical (unpaired) electrons. The molecular weight excluding hydrogens is 446 g/mol. The smallest absolute Gasteiger partial charge is 0.258 e. The van der Waals surface area contributed by atoms with Crippen LogP contribution in [0.5, 0.6) is 0 Å². The Labute approximate surface area is 193 Å². The molecule has 3 N–H and O–H groups in total. The fourth-order valence-electron chi connectivity index (χ4n) is 3.67. The number of nitrogens with one attached hydrogen (secondary N) is 2. The third-order valence-electron chi connectivity index (χ3n) is 5.29. The minimum atomic E-state index is -1.41. The maximum absolute atomic E-state index is 12.9. The Morgan fingerprint density at radius 3 is 2.88 bits per heavy atom. The number of amides is 2. The number of benzene rings is 2. The van der Waals surface area contributed by atoms with E-state index < -0.39 is 16.9 Å². The first-order chi connectivity index (χ1) is 16.0. The van der Waals surface area contributed by atoms with E-state index in [1.807, 2.05) is 16.7 Å². The number of carbonyl (C=O) groups excluding carboxylic acids is 2. The van der Waals surface area contributed by atoms with E-state index in [2.05, 4.69) is 15.0 Å². The molecule has 1 fully saturated rings. The van der Waals surface area contributed by atoms with Crippen molar-refractivity contribution in [2.24, 2.45) is 0 Å². The van der Waals surface area contributed by atoms with Gasteiger partial charge in [0.25, 0.3) is 11.8 Å². The van der Waals surface area contributed by atoms with E-state index in [1.165, 1.54) is 0 Å². The van der Waals surface area contributed by atoms with E-state index >= 15 is 0 Å². The lowest BCUT2D eigenvalue weighted by molar-refractivity contribution is -0.125. The lowest BCUT2D eigenvalue weighted by Crippen LogP contribution is -2.41. The molecule has 0 spiro atoms. The average Bonchev–Trinajstić information content (AvgIpc) is 3.18. The van der Waals surface area contributed by atoms with Crippen LogP contribution in [0.4, 0.5) is 11.6 Å². The van der Waals surface area contributed by atoms with Crippen molar-refractivity contribution in [2.75, 3.05) is 43.6 Å². The molecule has 1 aromatic heterocycles. The normalized spacial score (nSPS) is 15.1. The highest BCUT2D eigenvalue weighted by Gasteiger charge is 2.22. The zero-order valence-electron chi connectivity index (χ0n) is 18.1. The van der Waals surface area contributed by atoms with Gasteiger partial charge in [-0.3, -0.25) is 14.9 Å². The van der Waals surface area contributed by atoms with Crippen LogP contribution in [0.2, 0.25) is 0 Å². The van der Waals surface area contributed by atoms with E-state index in [4.69, 9.17) is 4.74 Å². The fourth-order valence-corrected chi connectivity index (χ4v) is 4.34. The Hall–Kier alpha value is -3.12. The number of fused-ring (bicyclic) bond motifs is 1. The molecule has 1 aliphatic heterocycles. The molecule has 10 nitrogen and oxygen atoms in total. The number of aliphatic hydroxyl groups is 1. The van der Waals surface area contributed by atoms with Crippen molar-refractivity contribution in [3.8, 4) is 0 Å². The molecule has 1 saturated heterocycles. The van der Waals surface area contributed by atoms with E-state index in [0.717, 1.165) is 5.52 Å². The number of rotatable bonds is 8. The molecule has 0 aliphatic carbocycles. The molecule has 4 rings (SSSR count). The second-order valence-corrected chi connectivity index (χ2v) is 8.81. The molecule has 174 valence electrons. The van der Waals surface area contributed by atoms with Crippen molar-refractivity contribution in [3.63, 3.8) is 0 Å². The van der Waals surface area contributed by atoms with Crippen LogP contribution in [-0.4, -0.2) is 64.1 Å². The molecule has 2 aromatic carbocycles. The van der Waals surface area contributed by atoms with Crippen molar-refractivity contribution in [2.45, 2.75) is 17.9 Å². The standard InChI is InChI=1S/C22H25N5O5S/c1-23-33(31)17-5-2-4-15(12-17)21(30)25-22-24-18-13-16(26-9-11-32-14-20(26)29)6-7-19(18)27(22)8-3-10-28/h2,4-7,12-13,23,28H,3,8-11,14H2,1H3,(H,24,25,30). The zero-order valence-corrected chi connectivity index (χ0v) is 18.9. The van der Waals surface area contributed by atoms with E-state index in [1.54, 1.807) is 42.3 Å². The number of ether oxygens (including phenoxy) is 1. The lowest BCUT2D eigenvalue weighted by atomic mass is 10.2. The van der Waals surface area contributed by atoms with Gasteiger partial charge in [0.2, 0.25) is 5.95 Å². The molecular formula is C22H25N5O5S. The SMILES string of the molecule is CNS(=O)c1cccc(C(=O)Nc2nc3cc(N4CCOCC4=O)ccc3n2CCCO)c1. The Morgan fingerprint density at radius 1 is 1.27 bits per heavy atom. The summed E-state index contributed by atoms with van der Waals surface area (Å²) >= 11 is 0. The van der Waals surface area contributed by atoms with Crippen molar-refractivity contribution in [3.05, 3.63) is 48.0 Å². The van der Waals surface area contributed by atoms with Crippen LogP contribution < -0.4 is 14.9 Å². The quantitative estimate of drug-likeness (QED) is 0.454. The van der Waals surface area contributed by atoms with Crippen molar-refractivity contribution >= 4 is 45.5 Å². The topological polar surface area (TPSA) is 126 Å². The predicted molar refractivity (Wildman–Crippen MR) is 124 cm³/mol. The molecule has 3 aromatic rings. The number of imidazole rings is 1. The van der Waals surface area contributed by atoms with Gasteiger partial charge < -0.3 is 19.3 Å². The summed E-state index contributed by atoms with van der Waals surface area (Å²) in [5.74, 6) is -0.184. The second kappa shape index (κ2) is 10.2. The molecule has 1 aliphatic rings. The summed E-state index contributed by atoms with van der Waals surface area (Å²) in [4.78, 5) is 31.9. The summed E-state index contributed by atoms with van der Waals surface area (Å²) in [6.07, 6.45) is 0.481. The third kappa shape index (κ3) is 4.96. The van der Waals surface area contributed by atoms with Crippen LogP contribution in [0, 0.1) is 0 Å². The molecule has 2 amide bonds. The highest BCUT2D eigenvalue weighted by molar-refractivity contribution is 7.83. The summed E-state index contributed by atoms with van der Waals surface area (Å²) < 4.78 is 21.7. The zero-order chi connectivity index (χ0) is 23.4. The van der Waals surface area contributed by atoms with Crippen LogP contribution in [-0.2, 0) is 27.1 Å². The largest absolute Gasteiger partial charge is 0.396 e. The number of aryl methyl sites for hydroxylation is 1. The lowest BCUT2D eigenvalue weighted by Gasteiger charge is -2.26. The molecule has 11 heteroatoms. The summed E-state index contributed by atoms with van der Waals surface area (Å²) in [6, 6.07) is 12.0. The monoisotopic (exact) mass is 471 g/mol. The number of nitrogens with zero attached hydrogens (tertiary/aromatic N) is 3. The van der Waals surface area contributed by atoms with E-state index in [9.17, 15) is 18.9 Å². The van der Waals surface area contributed by atoms with Crippen molar-refractivity contribution in [1.29, 1.82) is 0 Å². The van der Waals surface area contributed by atoms with Gasteiger partial charge in [-0.15, -0.1) is 0 Å². The second-order valence-electron chi connectivity index (χ2n) is 7.39. The first-order valence-electron chi connectivity index (χ1n) is 10.5. The van der Waals surface area contributed by atoms with E-state index in [0.29, 0.717) is 53.7 Å². The summed E-state index contributed by atoms with van der Waals surface area (Å²) in [6.45, 7) is 1.41. The maximum atomic E-state index is 12.9. The fraction of sp³-hybridized carbons (Fsp3) is 0.318. The predicted octanol–water partition coefficient (Wildman–Crippen LogP) is 1.28. The third-order valence-corrected chi connectivity index (χ3v) is 6.34. The summed E-state index contributed by atoms with van der Waals surface area (Å²) in [7, 11) is 0.162. The van der Waals surface area contributed by atoms with Gasteiger partial charge in [-0.1, -0.05) is 6.07 Å². The Bertz CT molecular complexity index is 1210. The van der Waals surface area contributed by atoms with Gasteiger partial charge in [0.1, 0.15) is 17.6 Å². The van der Waals surface area contributed by atoms with Gasteiger partial charge in [0, 0.05) is 30.9 Å². The number of carbonyl (C=O) groups is 2. The number of hydrogen-bond acceptors (Lipinski definition) is 6. The van der Waals surface area contributed by atoms with Crippen LogP contribution in [0.3, 0.4) is 0 Å². The highest BCUT2D eigenvalue weighted by atomic mass is 32.2. The molecule has 1 atom stereocenters. The van der Waals surface area contributed by atoms with Crippen molar-refractivity contribution in [1.82, 2.24) is 14.3 Å². The molecule has 0 saturated carbocycles. The van der Waals surface area contributed by atoms with Crippen LogP contribution in [0.15, 0.2) is 47.4 Å². The van der Waals surface area contributed by atoms with E-state index in [-0.39, 0.29) is 19.1 Å². The van der Waals surface area contributed by atoms with Crippen LogP contribution in [0.25, 0.3) is 11.0 Å². The van der Waals surface area contributed by atoms with Gasteiger partial charge in [0.15, 0.2) is 0 Å². The molecule has 1 unspecified atom stereocenters. The van der Waals surface area contributed by atoms with Gasteiger partial charge in [-0.25, -0.2) is 13.9 Å².